The van der Waals surface area contributed by atoms with Crippen LogP contribution in [0.1, 0.15) is 40.0 Å². The van der Waals surface area contributed by atoms with Crippen LogP contribution in [0.25, 0.3) is 22.3 Å². The normalized spacial score (nSPS) is 20.7. The second-order valence-corrected chi connectivity index (χ2v) is 10.6. The Kier molecular flexibility index (Phi) is 5.76. The molecule has 0 unspecified atom stereocenters. The molecule has 2 atom stereocenters. The maximum atomic E-state index is 16.5. The Bertz CT molecular complexity index is 1690. The van der Waals surface area contributed by atoms with Gasteiger partial charge in [0.05, 0.1) is 22.8 Å². The highest BCUT2D eigenvalue weighted by atomic mass is 35.5. The first-order chi connectivity index (χ1) is 19.4. The van der Waals surface area contributed by atoms with E-state index in [1.807, 2.05) is 30.3 Å². The molecule has 1 fully saturated rings. The number of hydrogen-bond donors (Lipinski definition) is 2. The molecule has 7 nitrogen and oxygen atoms in total. The lowest BCUT2D eigenvalue weighted by molar-refractivity contribution is 0.0539. The van der Waals surface area contributed by atoms with E-state index >= 15 is 8.78 Å². The minimum absolute atomic E-state index is 0.0228. The highest BCUT2D eigenvalue weighted by Crippen LogP contribution is 2.53. The molecule has 3 aliphatic heterocycles. The number of amides is 1. The van der Waals surface area contributed by atoms with Gasteiger partial charge < -0.3 is 20.5 Å². The smallest absolute Gasteiger partial charge is 0.249 e. The first-order valence-corrected chi connectivity index (χ1v) is 13.4. The summed E-state index contributed by atoms with van der Waals surface area (Å²) in [5.74, 6) is -2.41. The number of fused-ring (bicyclic) bond motifs is 4. The molecule has 1 saturated heterocycles. The number of benzene rings is 3. The maximum Gasteiger partial charge on any atom is 0.249 e. The van der Waals surface area contributed by atoms with Crippen molar-refractivity contribution in [3.63, 3.8) is 0 Å². The van der Waals surface area contributed by atoms with Gasteiger partial charge in [0.25, 0.3) is 0 Å². The molecule has 0 aliphatic carbocycles. The predicted molar refractivity (Wildman–Crippen MR) is 144 cm³/mol. The standard InChI is InChI=1S/C30H23ClF2N4O3/c31-26-20(32)12-22-19(13-30(40-22,23-7-4-9-35-23)15-5-2-1-3-6-15)24(26)25-18(29(34)38)11-17-16-8-10-36-37-21(16)14-39-28(17)27(25)33/h1-3,5-6,8,10-12,23,35H,4,7,9,13-14H2,(H2,34,38)/t23-,30-/m0/s1. The molecule has 0 spiro atoms. The van der Waals surface area contributed by atoms with E-state index in [9.17, 15) is 4.79 Å². The molecule has 0 bridgehead atoms. The average Bonchev–Trinajstić information content (AvgIpc) is 3.64. The third-order valence-electron chi connectivity index (χ3n) is 8.08. The van der Waals surface area contributed by atoms with Crippen LogP contribution in [-0.2, 0) is 18.6 Å². The van der Waals surface area contributed by atoms with E-state index in [0.717, 1.165) is 24.9 Å². The Morgan fingerprint density at radius 1 is 1.12 bits per heavy atom. The third-order valence-corrected chi connectivity index (χ3v) is 8.45. The Morgan fingerprint density at radius 3 is 2.70 bits per heavy atom. The van der Waals surface area contributed by atoms with Gasteiger partial charge in [-0.2, -0.15) is 10.2 Å². The van der Waals surface area contributed by atoms with Crippen LogP contribution in [0.5, 0.6) is 11.5 Å². The highest BCUT2D eigenvalue weighted by molar-refractivity contribution is 6.34. The van der Waals surface area contributed by atoms with E-state index in [2.05, 4.69) is 15.5 Å². The SMILES string of the molecule is NC(=O)c1cc2c(c(F)c1-c1c(Cl)c(F)cc3c1C[C@](c1ccccc1)([C@@H]1CCCN1)O3)OCc1nnccc1-2. The van der Waals surface area contributed by atoms with E-state index in [-0.39, 0.29) is 52.3 Å². The topological polar surface area (TPSA) is 99.4 Å². The van der Waals surface area contributed by atoms with E-state index in [1.54, 1.807) is 6.07 Å². The van der Waals surface area contributed by atoms with Crippen LogP contribution >= 0.6 is 11.6 Å². The monoisotopic (exact) mass is 560 g/mol. The van der Waals surface area contributed by atoms with Crippen LogP contribution < -0.4 is 20.5 Å². The van der Waals surface area contributed by atoms with Gasteiger partial charge in [-0.15, -0.1) is 0 Å². The molecule has 1 amide bonds. The molecule has 3 aliphatic rings. The molecule has 0 radical (unpaired) electrons. The summed E-state index contributed by atoms with van der Waals surface area (Å²) in [6.07, 6.45) is 3.53. The molecule has 3 aromatic carbocycles. The summed E-state index contributed by atoms with van der Waals surface area (Å²) < 4.78 is 44.4. The van der Waals surface area contributed by atoms with Crippen molar-refractivity contribution in [2.75, 3.05) is 6.54 Å². The van der Waals surface area contributed by atoms with Crippen molar-refractivity contribution >= 4 is 17.5 Å². The molecule has 40 heavy (non-hydrogen) atoms. The molecule has 7 rings (SSSR count). The van der Waals surface area contributed by atoms with Gasteiger partial charge in [-0.25, -0.2) is 8.78 Å². The van der Waals surface area contributed by atoms with E-state index in [1.165, 1.54) is 18.3 Å². The first-order valence-electron chi connectivity index (χ1n) is 13.0. The zero-order valence-electron chi connectivity index (χ0n) is 21.1. The molecular formula is C30H23ClF2N4O3. The quantitative estimate of drug-likeness (QED) is 0.351. The van der Waals surface area contributed by atoms with Gasteiger partial charge in [0, 0.05) is 40.3 Å². The summed E-state index contributed by atoms with van der Waals surface area (Å²) in [7, 11) is 0. The van der Waals surface area contributed by atoms with Crippen molar-refractivity contribution in [3.05, 3.63) is 93.8 Å². The largest absolute Gasteiger partial charge is 0.483 e. The summed E-state index contributed by atoms with van der Waals surface area (Å²) >= 11 is 6.60. The molecule has 4 heterocycles. The van der Waals surface area contributed by atoms with Crippen LogP contribution in [0.3, 0.4) is 0 Å². The minimum Gasteiger partial charge on any atom is -0.483 e. The number of nitrogens with zero attached hydrogens (tertiary/aromatic N) is 2. The third kappa shape index (κ3) is 3.61. The van der Waals surface area contributed by atoms with Gasteiger partial charge in [-0.1, -0.05) is 41.9 Å². The number of primary amides is 1. The second-order valence-electron chi connectivity index (χ2n) is 10.2. The number of carbonyl (C=O) groups is 1. The van der Waals surface area contributed by atoms with Gasteiger partial charge in [0.2, 0.25) is 5.91 Å². The summed E-state index contributed by atoms with van der Waals surface area (Å²) in [6, 6.07) is 13.9. The second kappa shape index (κ2) is 9.25. The summed E-state index contributed by atoms with van der Waals surface area (Å²) in [4.78, 5) is 12.8. The minimum atomic E-state index is -0.898. The molecular weight excluding hydrogens is 538 g/mol. The lowest BCUT2D eigenvalue weighted by Gasteiger charge is -2.35. The number of nitrogens with one attached hydrogen (secondary N) is 1. The Hall–Kier alpha value is -4.08. The number of nitrogens with two attached hydrogens (primary N) is 1. The van der Waals surface area contributed by atoms with Gasteiger partial charge in [-0.05, 0) is 37.1 Å². The van der Waals surface area contributed by atoms with Crippen LogP contribution in [0.4, 0.5) is 8.78 Å². The van der Waals surface area contributed by atoms with Gasteiger partial charge in [-0.3, -0.25) is 4.79 Å². The van der Waals surface area contributed by atoms with Crippen LogP contribution in [0.15, 0.2) is 54.7 Å². The zero-order chi connectivity index (χ0) is 27.6. The molecule has 3 N–H and O–H groups in total. The van der Waals surface area contributed by atoms with Gasteiger partial charge in [0.15, 0.2) is 17.2 Å². The molecule has 4 aromatic rings. The van der Waals surface area contributed by atoms with Crippen molar-refractivity contribution in [1.82, 2.24) is 15.5 Å². The number of aromatic nitrogens is 2. The maximum absolute atomic E-state index is 16.5. The fraction of sp³-hybridized carbons (Fsp3) is 0.233. The zero-order valence-corrected chi connectivity index (χ0v) is 21.9. The fourth-order valence-electron chi connectivity index (χ4n) is 6.29. The van der Waals surface area contributed by atoms with Gasteiger partial charge in [0.1, 0.15) is 23.9 Å². The molecule has 0 saturated carbocycles. The Balaban J connectivity index is 1.48. The molecule has 10 heteroatoms. The van der Waals surface area contributed by atoms with Crippen molar-refractivity contribution in [3.8, 4) is 33.8 Å². The Labute approximate surface area is 233 Å². The Morgan fingerprint density at radius 2 is 1.95 bits per heavy atom. The molecule has 202 valence electrons. The van der Waals surface area contributed by atoms with Crippen molar-refractivity contribution < 1.29 is 23.0 Å². The van der Waals surface area contributed by atoms with E-state index < -0.39 is 23.1 Å². The summed E-state index contributed by atoms with van der Waals surface area (Å²) in [6.45, 7) is 0.792. The van der Waals surface area contributed by atoms with Crippen molar-refractivity contribution in [2.45, 2.75) is 37.5 Å². The summed E-state index contributed by atoms with van der Waals surface area (Å²) in [5.41, 5.74) is 7.32. The predicted octanol–water partition coefficient (Wildman–Crippen LogP) is 5.32. The van der Waals surface area contributed by atoms with Gasteiger partial charge >= 0.3 is 0 Å². The number of ether oxygens (including phenoxy) is 2. The lowest BCUT2D eigenvalue weighted by Crippen LogP contribution is -2.48. The number of halogens is 3. The fourth-order valence-corrected chi connectivity index (χ4v) is 6.55. The summed E-state index contributed by atoms with van der Waals surface area (Å²) in [5, 5.41) is 11.1. The lowest BCUT2D eigenvalue weighted by atomic mass is 9.80. The number of hydrogen-bond acceptors (Lipinski definition) is 6. The van der Waals surface area contributed by atoms with Crippen LogP contribution in [0, 0.1) is 11.6 Å². The number of carbonyl (C=O) groups excluding carboxylic acids is 1. The van der Waals surface area contributed by atoms with E-state index in [0.29, 0.717) is 22.4 Å². The average molecular weight is 561 g/mol. The van der Waals surface area contributed by atoms with Crippen LogP contribution in [0.2, 0.25) is 5.02 Å². The van der Waals surface area contributed by atoms with Crippen molar-refractivity contribution in [2.24, 2.45) is 5.73 Å². The molecule has 1 aromatic heterocycles. The van der Waals surface area contributed by atoms with E-state index in [4.69, 9.17) is 26.8 Å². The number of rotatable bonds is 4. The van der Waals surface area contributed by atoms with Crippen LogP contribution in [-0.4, -0.2) is 28.7 Å². The van der Waals surface area contributed by atoms with Crippen molar-refractivity contribution in [1.29, 1.82) is 0 Å². The first kappa shape index (κ1) is 24.9. The highest BCUT2D eigenvalue weighted by Gasteiger charge is 2.50.